The number of piperazine rings is 1. The molecule has 1 atom stereocenters. The molecule has 0 radical (unpaired) electrons. The number of nitrogens with zero attached hydrogens (tertiary/aromatic N) is 4. The molecule has 1 amide bonds. The third kappa shape index (κ3) is 6.08. The third-order valence-electron chi connectivity index (χ3n) is 6.51. The molecule has 3 heterocycles. The van der Waals surface area contributed by atoms with Crippen LogP contribution in [0, 0.1) is 6.92 Å². The number of hydrogen-bond acceptors (Lipinski definition) is 8. The molecule has 1 saturated heterocycles. The van der Waals surface area contributed by atoms with Crippen LogP contribution in [0.2, 0.25) is 0 Å². The smallest absolute Gasteiger partial charge is 0.255 e. The lowest BCUT2D eigenvalue weighted by molar-refractivity contribution is -0.113. The number of benzene rings is 2. The Kier molecular flexibility index (Phi) is 7.77. The van der Waals surface area contributed by atoms with Gasteiger partial charge in [-0.1, -0.05) is 18.2 Å². The molecule has 0 bridgehead atoms. The van der Waals surface area contributed by atoms with Crippen molar-refractivity contribution in [3.8, 4) is 11.3 Å². The third-order valence-corrected chi connectivity index (χ3v) is 6.51. The van der Waals surface area contributed by atoms with Gasteiger partial charge in [0.15, 0.2) is 0 Å². The normalized spacial score (nSPS) is 15.6. The average molecular weight is 508 g/mol. The quantitative estimate of drug-likeness (QED) is 0.309. The lowest BCUT2D eigenvalue weighted by atomic mass is 10.1. The second-order valence-electron chi connectivity index (χ2n) is 9.19. The van der Waals surface area contributed by atoms with Crippen molar-refractivity contribution in [2.45, 2.75) is 19.5 Å². The largest absolute Gasteiger partial charge is 0.324 e. The van der Waals surface area contributed by atoms with Crippen LogP contribution < -0.4 is 16.0 Å². The molecular weight excluding hydrogens is 478 g/mol. The van der Waals surface area contributed by atoms with Crippen LogP contribution >= 0.6 is 0 Å². The van der Waals surface area contributed by atoms with Gasteiger partial charge in [-0.2, -0.15) is 0 Å². The molecule has 2 aromatic heterocycles. The zero-order valence-electron chi connectivity index (χ0n) is 21.1. The predicted octanol–water partition coefficient (Wildman–Crippen LogP) is 3.82. The summed E-state index contributed by atoms with van der Waals surface area (Å²) in [6.07, 6.45) is 6.16. The van der Waals surface area contributed by atoms with E-state index in [0.717, 1.165) is 47.4 Å². The summed E-state index contributed by atoms with van der Waals surface area (Å²) in [5.41, 5.74) is 5.73. The van der Waals surface area contributed by atoms with Crippen molar-refractivity contribution in [2.24, 2.45) is 0 Å². The maximum Gasteiger partial charge on any atom is 0.255 e. The number of hydrogen-bond donors (Lipinski definition) is 3. The first-order valence-corrected chi connectivity index (χ1v) is 12.5. The van der Waals surface area contributed by atoms with Crippen LogP contribution in [0.15, 0.2) is 79.3 Å². The monoisotopic (exact) mass is 507 g/mol. The standard InChI is InChI=1S/C29H29N7O2/c1-20-4-9-24(15-27(20)35-29-32-12-10-26(34-29)23-3-2-11-30-16-23)33-28(38)22-7-5-21(6-8-22)18-36-14-13-31-17-25(36)19-37/h2-12,15-16,19,25,31H,13-14,17-18H2,1H3,(H,33,38)(H,32,34,35). The molecule has 192 valence electrons. The van der Waals surface area contributed by atoms with E-state index in [1.165, 1.54) is 0 Å². The zero-order chi connectivity index (χ0) is 26.3. The topological polar surface area (TPSA) is 112 Å². The fraction of sp³-hybridized carbons (Fsp3) is 0.207. The summed E-state index contributed by atoms with van der Waals surface area (Å²) < 4.78 is 0. The average Bonchev–Trinajstić information content (AvgIpc) is 2.96. The van der Waals surface area contributed by atoms with Gasteiger partial charge in [-0.15, -0.1) is 0 Å². The van der Waals surface area contributed by atoms with Crippen LogP contribution in [0.5, 0.6) is 0 Å². The molecule has 0 aliphatic carbocycles. The Balaban J connectivity index is 1.25. The van der Waals surface area contributed by atoms with Gasteiger partial charge in [0.2, 0.25) is 5.95 Å². The molecule has 0 spiro atoms. The van der Waals surface area contributed by atoms with Crippen molar-refractivity contribution >= 4 is 29.5 Å². The van der Waals surface area contributed by atoms with Crippen molar-refractivity contribution in [1.82, 2.24) is 25.2 Å². The van der Waals surface area contributed by atoms with Gasteiger partial charge < -0.3 is 20.7 Å². The highest BCUT2D eigenvalue weighted by Gasteiger charge is 2.21. The molecule has 9 heteroatoms. The summed E-state index contributed by atoms with van der Waals surface area (Å²) in [5, 5.41) is 9.47. The van der Waals surface area contributed by atoms with E-state index in [1.807, 2.05) is 67.6 Å². The molecule has 38 heavy (non-hydrogen) atoms. The van der Waals surface area contributed by atoms with Gasteiger partial charge in [0.05, 0.1) is 11.7 Å². The number of aromatic nitrogens is 3. The summed E-state index contributed by atoms with van der Waals surface area (Å²) in [4.78, 5) is 39.5. The predicted molar refractivity (Wildman–Crippen MR) is 147 cm³/mol. The Labute approximate surface area is 221 Å². The van der Waals surface area contributed by atoms with Gasteiger partial charge in [-0.25, -0.2) is 9.97 Å². The van der Waals surface area contributed by atoms with Gasteiger partial charge >= 0.3 is 0 Å². The van der Waals surface area contributed by atoms with Crippen LogP contribution in [0.25, 0.3) is 11.3 Å². The SMILES string of the molecule is Cc1ccc(NC(=O)c2ccc(CN3CCNCC3C=O)cc2)cc1Nc1nccc(-c2cccnc2)n1. The van der Waals surface area contributed by atoms with E-state index >= 15 is 0 Å². The number of carbonyl (C=O) groups is 2. The summed E-state index contributed by atoms with van der Waals surface area (Å²) in [5.74, 6) is 0.254. The summed E-state index contributed by atoms with van der Waals surface area (Å²) >= 11 is 0. The second-order valence-corrected chi connectivity index (χ2v) is 9.19. The Bertz CT molecular complexity index is 1410. The van der Waals surface area contributed by atoms with Crippen molar-refractivity contribution in [3.63, 3.8) is 0 Å². The number of aryl methyl sites for hydroxylation is 1. The van der Waals surface area contributed by atoms with E-state index in [4.69, 9.17) is 0 Å². The van der Waals surface area contributed by atoms with Crippen LogP contribution in [0.3, 0.4) is 0 Å². The van der Waals surface area contributed by atoms with Crippen LogP contribution in [0.4, 0.5) is 17.3 Å². The first-order valence-electron chi connectivity index (χ1n) is 12.5. The Morgan fingerprint density at radius 3 is 2.79 bits per heavy atom. The summed E-state index contributed by atoms with van der Waals surface area (Å²) in [6, 6.07) is 18.7. The summed E-state index contributed by atoms with van der Waals surface area (Å²) in [6.45, 7) is 4.99. The lowest BCUT2D eigenvalue weighted by Crippen LogP contribution is -2.51. The minimum atomic E-state index is -0.200. The van der Waals surface area contributed by atoms with Gasteiger partial charge in [0.25, 0.3) is 5.91 Å². The maximum atomic E-state index is 12.9. The van der Waals surface area contributed by atoms with Gasteiger partial charge in [-0.3, -0.25) is 14.7 Å². The number of rotatable bonds is 8. The fourth-order valence-electron chi connectivity index (χ4n) is 4.35. The van der Waals surface area contributed by atoms with Crippen LogP contribution in [-0.2, 0) is 11.3 Å². The van der Waals surface area contributed by atoms with E-state index in [1.54, 1.807) is 18.6 Å². The molecule has 1 aliphatic rings. The number of carbonyl (C=O) groups excluding carboxylic acids is 2. The molecule has 1 unspecified atom stereocenters. The molecule has 4 aromatic rings. The van der Waals surface area contributed by atoms with Gasteiger partial charge in [-0.05, 0) is 60.5 Å². The van der Waals surface area contributed by atoms with Gasteiger partial charge in [0, 0.05) is 67.3 Å². The number of amides is 1. The second kappa shape index (κ2) is 11.7. The summed E-state index contributed by atoms with van der Waals surface area (Å²) in [7, 11) is 0. The van der Waals surface area contributed by atoms with Crippen molar-refractivity contribution < 1.29 is 9.59 Å². The van der Waals surface area contributed by atoms with E-state index in [-0.39, 0.29) is 11.9 Å². The molecule has 3 N–H and O–H groups in total. The Morgan fingerprint density at radius 1 is 1.13 bits per heavy atom. The Hall–Kier alpha value is -4.47. The van der Waals surface area contributed by atoms with E-state index < -0.39 is 0 Å². The zero-order valence-corrected chi connectivity index (χ0v) is 21.1. The molecule has 0 saturated carbocycles. The molecule has 5 rings (SSSR count). The Morgan fingerprint density at radius 2 is 2.00 bits per heavy atom. The number of aldehydes is 1. The lowest BCUT2D eigenvalue weighted by Gasteiger charge is -2.32. The minimum absolute atomic E-state index is 0.126. The fourth-order valence-corrected chi connectivity index (χ4v) is 4.35. The highest BCUT2D eigenvalue weighted by Crippen LogP contribution is 2.25. The highest BCUT2D eigenvalue weighted by atomic mass is 16.1. The van der Waals surface area contributed by atoms with E-state index in [0.29, 0.717) is 30.3 Å². The molecule has 1 fully saturated rings. The minimum Gasteiger partial charge on any atom is -0.324 e. The highest BCUT2D eigenvalue weighted by molar-refractivity contribution is 6.04. The molecule has 1 aliphatic heterocycles. The van der Waals surface area contributed by atoms with Crippen LogP contribution in [0.1, 0.15) is 21.5 Å². The number of pyridine rings is 1. The number of nitrogens with one attached hydrogen (secondary N) is 3. The first-order chi connectivity index (χ1) is 18.6. The number of anilines is 3. The van der Waals surface area contributed by atoms with Crippen molar-refractivity contribution in [3.05, 3.63) is 95.9 Å². The molecule has 9 nitrogen and oxygen atoms in total. The molecule has 2 aromatic carbocycles. The first kappa shape index (κ1) is 25.2. The van der Waals surface area contributed by atoms with Crippen molar-refractivity contribution in [2.75, 3.05) is 30.3 Å². The van der Waals surface area contributed by atoms with Crippen LogP contribution in [-0.4, -0.2) is 57.7 Å². The maximum absolute atomic E-state index is 12.9. The van der Waals surface area contributed by atoms with Gasteiger partial charge in [0.1, 0.15) is 6.29 Å². The van der Waals surface area contributed by atoms with E-state index in [9.17, 15) is 9.59 Å². The molecular formula is C29H29N7O2. The van der Waals surface area contributed by atoms with Crippen molar-refractivity contribution in [1.29, 1.82) is 0 Å². The van der Waals surface area contributed by atoms with E-state index in [2.05, 4.69) is 35.8 Å².